The average Bonchev–Trinajstić information content (AvgIpc) is 2.69. The summed E-state index contributed by atoms with van der Waals surface area (Å²) in [6.07, 6.45) is 3.73. The maximum absolute atomic E-state index is 15.0. The molecule has 2 atom stereocenters. The second-order valence-electron chi connectivity index (χ2n) is 7.41. The lowest BCUT2D eigenvalue weighted by Crippen LogP contribution is -2.53. The van der Waals surface area contributed by atoms with Gasteiger partial charge in [-0.05, 0) is 44.7 Å². The van der Waals surface area contributed by atoms with Crippen molar-refractivity contribution in [1.29, 1.82) is 0 Å². The molecule has 164 valence electrons. The van der Waals surface area contributed by atoms with E-state index >= 15 is 0 Å². The number of rotatable bonds is 10. The Balaban J connectivity index is 2.26. The van der Waals surface area contributed by atoms with Gasteiger partial charge in [-0.1, -0.05) is 19.1 Å². The van der Waals surface area contributed by atoms with E-state index in [1.165, 1.54) is 6.07 Å². The van der Waals surface area contributed by atoms with Gasteiger partial charge >= 0.3 is 5.97 Å². The smallest absolute Gasteiger partial charge is 0.322 e. The fourth-order valence-corrected chi connectivity index (χ4v) is 4.45. The summed E-state index contributed by atoms with van der Waals surface area (Å²) in [5.74, 6) is -0.651. The van der Waals surface area contributed by atoms with Crippen molar-refractivity contribution in [2.75, 3.05) is 32.6 Å². The Hall–Kier alpha value is -1.35. The van der Waals surface area contributed by atoms with Gasteiger partial charge in [-0.25, -0.2) is 12.9 Å². The number of nitrogens with zero attached hydrogens (tertiary/aromatic N) is 1. The predicted molar refractivity (Wildman–Crippen MR) is 112 cm³/mol. The van der Waals surface area contributed by atoms with Gasteiger partial charge in [0.25, 0.3) is 0 Å². The highest BCUT2D eigenvalue weighted by Crippen LogP contribution is 2.34. The van der Waals surface area contributed by atoms with E-state index in [0.29, 0.717) is 51.3 Å². The zero-order valence-electron chi connectivity index (χ0n) is 17.8. The van der Waals surface area contributed by atoms with Crippen molar-refractivity contribution in [3.8, 4) is 0 Å². The molecular formula is C21H33FN2O4S. The summed E-state index contributed by atoms with van der Waals surface area (Å²) in [5.41, 5.74) is 0.747. The van der Waals surface area contributed by atoms with Crippen LogP contribution in [-0.4, -0.2) is 53.1 Å². The lowest BCUT2D eigenvalue weighted by atomic mass is 9.81. The molecule has 0 aliphatic carbocycles. The van der Waals surface area contributed by atoms with Gasteiger partial charge in [0.05, 0.1) is 17.6 Å². The van der Waals surface area contributed by atoms with Crippen LogP contribution in [0.5, 0.6) is 0 Å². The molecule has 1 unspecified atom stereocenters. The maximum atomic E-state index is 15.0. The second-order valence-corrected chi connectivity index (χ2v) is 8.77. The minimum absolute atomic E-state index is 0.297. The summed E-state index contributed by atoms with van der Waals surface area (Å²) >= 11 is 0. The van der Waals surface area contributed by atoms with Gasteiger partial charge in [-0.15, -0.1) is 0 Å². The molecule has 0 amide bonds. The monoisotopic (exact) mass is 428 g/mol. The third kappa shape index (κ3) is 6.31. The fraction of sp³-hybridized carbons (Fsp3) is 0.667. The average molecular weight is 429 g/mol. The highest BCUT2D eigenvalue weighted by atomic mass is 32.2. The number of hydrogen-bond donors (Lipinski definition) is 1. The molecule has 1 aliphatic rings. The number of esters is 1. The largest absolute Gasteiger partial charge is 0.465 e. The molecule has 0 aromatic heterocycles. The predicted octanol–water partition coefficient (Wildman–Crippen LogP) is 2.88. The third-order valence-corrected chi connectivity index (χ3v) is 6.31. The number of benzene rings is 1. The quantitative estimate of drug-likeness (QED) is 0.581. The molecule has 29 heavy (non-hydrogen) atoms. The number of ether oxygens (including phenoxy) is 2. The van der Waals surface area contributed by atoms with Crippen LogP contribution in [0.4, 0.5) is 4.39 Å². The molecule has 0 spiro atoms. The van der Waals surface area contributed by atoms with E-state index in [2.05, 4.69) is 5.32 Å². The summed E-state index contributed by atoms with van der Waals surface area (Å²) in [4.78, 5) is 12.1. The van der Waals surface area contributed by atoms with Gasteiger partial charge in [0.15, 0.2) is 0 Å². The first-order chi connectivity index (χ1) is 13.8. The van der Waals surface area contributed by atoms with Crippen molar-refractivity contribution in [3.05, 3.63) is 35.1 Å². The van der Waals surface area contributed by atoms with E-state index in [1.54, 1.807) is 30.5 Å². The number of hydrogen-bond acceptors (Lipinski definition) is 5. The molecule has 6 nitrogen and oxygen atoms in total. The fourth-order valence-electron chi connectivity index (χ4n) is 3.69. The van der Waals surface area contributed by atoms with Crippen molar-refractivity contribution in [2.45, 2.75) is 58.2 Å². The SMILES string of the molecule is CCCN(Cc1ccc(C2(N[C@H](C)C(=O)OCC)CCOCC2)cc1F)S(C)=O. The normalized spacial score (nSPS) is 18.4. The van der Waals surface area contributed by atoms with Crippen molar-refractivity contribution in [2.24, 2.45) is 0 Å². The number of nitrogens with one attached hydrogen (secondary N) is 1. The molecule has 0 bridgehead atoms. The number of halogens is 1. The highest BCUT2D eigenvalue weighted by molar-refractivity contribution is 7.81. The molecule has 1 saturated heterocycles. The Labute approximate surface area is 175 Å². The van der Waals surface area contributed by atoms with Gasteiger partial charge in [-0.2, -0.15) is 0 Å². The minimum atomic E-state index is -1.16. The van der Waals surface area contributed by atoms with E-state index < -0.39 is 22.6 Å². The van der Waals surface area contributed by atoms with Crippen LogP contribution in [-0.2, 0) is 37.3 Å². The zero-order valence-corrected chi connectivity index (χ0v) is 18.6. The van der Waals surface area contributed by atoms with Crippen LogP contribution in [0.2, 0.25) is 0 Å². The lowest BCUT2D eigenvalue weighted by Gasteiger charge is -2.40. The molecule has 1 heterocycles. The zero-order chi connectivity index (χ0) is 21.4. The third-order valence-electron chi connectivity index (χ3n) is 5.27. The Morgan fingerprint density at radius 3 is 2.62 bits per heavy atom. The molecule has 1 aromatic rings. The molecule has 8 heteroatoms. The van der Waals surface area contributed by atoms with Crippen LogP contribution < -0.4 is 5.32 Å². The molecule has 1 fully saturated rings. The van der Waals surface area contributed by atoms with Gasteiger partial charge in [0.2, 0.25) is 0 Å². The molecule has 2 rings (SSSR count). The minimum Gasteiger partial charge on any atom is -0.465 e. The van der Waals surface area contributed by atoms with E-state index in [1.807, 2.05) is 13.0 Å². The van der Waals surface area contributed by atoms with Crippen LogP contribution in [0, 0.1) is 5.82 Å². The van der Waals surface area contributed by atoms with Crippen LogP contribution in [0.25, 0.3) is 0 Å². The maximum Gasteiger partial charge on any atom is 0.322 e. The first-order valence-corrected chi connectivity index (χ1v) is 11.7. The van der Waals surface area contributed by atoms with Gasteiger partial charge in [-0.3, -0.25) is 10.1 Å². The Kier molecular flexibility index (Phi) is 9.20. The number of carbonyl (C=O) groups excluding carboxylic acids is 1. The summed E-state index contributed by atoms with van der Waals surface area (Å²) in [6.45, 7) is 7.86. The van der Waals surface area contributed by atoms with Crippen LogP contribution >= 0.6 is 0 Å². The van der Waals surface area contributed by atoms with E-state index in [9.17, 15) is 13.4 Å². The second kappa shape index (κ2) is 11.2. The summed E-state index contributed by atoms with van der Waals surface area (Å²) in [7, 11) is -1.16. The summed E-state index contributed by atoms with van der Waals surface area (Å²) in [5, 5.41) is 3.38. The van der Waals surface area contributed by atoms with E-state index in [4.69, 9.17) is 9.47 Å². The molecule has 1 aliphatic heterocycles. The first kappa shape index (κ1) is 23.9. The van der Waals surface area contributed by atoms with E-state index in [-0.39, 0.29) is 11.8 Å². The van der Waals surface area contributed by atoms with Gasteiger partial charge in [0.1, 0.15) is 11.9 Å². The highest BCUT2D eigenvalue weighted by Gasteiger charge is 2.37. The van der Waals surface area contributed by atoms with Crippen molar-refractivity contribution >= 4 is 17.0 Å². The standard InChI is InChI=1S/C21H33FN2O4S/c1-5-11-24(29(4)26)15-17-7-8-18(14-19(17)22)21(9-12-27-13-10-21)23-16(3)20(25)28-6-2/h7-8,14,16,23H,5-6,9-13,15H2,1-4H3/t16-,29?/m1/s1. The molecule has 0 radical (unpaired) electrons. The molecular weight excluding hydrogens is 395 g/mol. The van der Waals surface area contributed by atoms with E-state index in [0.717, 1.165) is 12.0 Å². The first-order valence-electron chi connectivity index (χ1n) is 10.2. The van der Waals surface area contributed by atoms with Crippen LogP contribution in [0.1, 0.15) is 51.2 Å². The van der Waals surface area contributed by atoms with Crippen LogP contribution in [0.15, 0.2) is 18.2 Å². The lowest BCUT2D eigenvalue weighted by molar-refractivity contribution is -0.146. The molecule has 1 N–H and O–H groups in total. The van der Waals surface area contributed by atoms with Crippen molar-refractivity contribution in [3.63, 3.8) is 0 Å². The number of carbonyl (C=O) groups is 1. The van der Waals surface area contributed by atoms with Gasteiger partial charge in [0, 0.05) is 43.7 Å². The summed E-state index contributed by atoms with van der Waals surface area (Å²) in [6, 6.07) is 4.68. The molecule has 1 aromatic carbocycles. The van der Waals surface area contributed by atoms with Crippen LogP contribution in [0.3, 0.4) is 0 Å². The topological polar surface area (TPSA) is 67.9 Å². The Morgan fingerprint density at radius 1 is 1.38 bits per heavy atom. The Bertz CT molecular complexity index is 710. The Morgan fingerprint density at radius 2 is 2.07 bits per heavy atom. The van der Waals surface area contributed by atoms with Crippen molar-refractivity contribution in [1.82, 2.24) is 9.62 Å². The van der Waals surface area contributed by atoms with Crippen molar-refractivity contribution < 1.29 is 22.9 Å². The summed E-state index contributed by atoms with van der Waals surface area (Å²) < 4.78 is 39.3. The van der Waals surface area contributed by atoms with Gasteiger partial charge < -0.3 is 9.47 Å². The molecule has 0 saturated carbocycles.